The van der Waals surface area contributed by atoms with Gasteiger partial charge in [-0.3, -0.25) is 14.3 Å². The van der Waals surface area contributed by atoms with Crippen molar-refractivity contribution in [2.24, 2.45) is 0 Å². The first-order valence-corrected chi connectivity index (χ1v) is 14.3. The second kappa shape index (κ2) is 11.1. The molecule has 4 aromatic rings. The molecule has 0 bridgehead atoms. The summed E-state index contributed by atoms with van der Waals surface area (Å²) in [7, 11) is -0.766. The first-order valence-electron chi connectivity index (χ1n) is 12.5. The van der Waals surface area contributed by atoms with Crippen LogP contribution in [-0.4, -0.2) is 73.1 Å². The van der Waals surface area contributed by atoms with Gasteiger partial charge in [0.25, 0.3) is 0 Å². The molecule has 0 radical (unpaired) electrons. The molecule has 0 saturated carbocycles. The summed E-state index contributed by atoms with van der Waals surface area (Å²) in [6, 6.07) is 8.87. The summed E-state index contributed by atoms with van der Waals surface area (Å²) in [4.78, 5) is 19.1. The van der Waals surface area contributed by atoms with Gasteiger partial charge in [-0.15, -0.1) is 0 Å². The molecule has 0 spiro atoms. The van der Waals surface area contributed by atoms with Crippen molar-refractivity contribution in [1.82, 2.24) is 19.9 Å². The number of nitrogens with zero attached hydrogens (tertiary/aromatic N) is 6. The van der Waals surface area contributed by atoms with Crippen molar-refractivity contribution in [2.75, 3.05) is 53.3 Å². The maximum Gasteiger partial charge on any atom is 0.232 e. The number of benzene rings is 2. The second-order valence-electron chi connectivity index (χ2n) is 9.36. The first kappa shape index (κ1) is 27.3. The highest BCUT2D eigenvalue weighted by Gasteiger charge is 2.22. The van der Waals surface area contributed by atoms with Gasteiger partial charge in [-0.05, 0) is 43.2 Å². The molecule has 1 aliphatic rings. The van der Waals surface area contributed by atoms with Gasteiger partial charge in [0.1, 0.15) is 17.0 Å². The average Bonchev–Trinajstić information content (AvgIpc) is 2.94. The van der Waals surface area contributed by atoms with E-state index in [0.717, 1.165) is 22.4 Å². The number of sulfonamides is 1. The predicted octanol–water partition coefficient (Wildman–Crippen LogP) is 3.41. The van der Waals surface area contributed by atoms with Crippen molar-refractivity contribution in [3.8, 4) is 5.75 Å². The van der Waals surface area contributed by atoms with Crippen LogP contribution < -0.4 is 24.6 Å². The maximum atomic E-state index is 14.9. The van der Waals surface area contributed by atoms with Gasteiger partial charge in [-0.1, -0.05) is 0 Å². The molecular formula is C26H29FN8O4S. The largest absolute Gasteiger partial charge is 0.495 e. The standard InChI is InChI=1S/C26H29FN8O4S/c1-34(40(3,37)38)24-20(6-5-19-23(24)29-11-10-28-19)31-25-18(27)15-30-26(33-25)32-21-14-16(4-7-22(21)39-2)35-12-8-17(36)9-13-35/h4-7,10-11,14-15,17,36H,8-9,12-13H2,1-3H3,(H2,30,31,32,33). The van der Waals surface area contributed by atoms with Crippen molar-refractivity contribution < 1.29 is 22.7 Å². The Morgan fingerprint density at radius 1 is 1.07 bits per heavy atom. The van der Waals surface area contributed by atoms with Gasteiger partial charge in [0, 0.05) is 38.2 Å². The number of anilines is 6. The van der Waals surface area contributed by atoms with E-state index in [1.165, 1.54) is 19.4 Å². The van der Waals surface area contributed by atoms with Crippen molar-refractivity contribution in [3.05, 3.63) is 54.7 Å². The minimum absolute atomic E-state index is 0.0898. The summed E-state index contributed by atoms with van der Waals surface area (Å²) < 4.78 is 46.4. The third-order valence-electron chi connectivity index (χ3n) is 6.68. The van der Waals surface area contributed by atoms with Crippen molar-refractivity contribution in [1.29, 1.82) is 0 Å². The molecule has 210 valence electrons. The lowest BCUT2D eigenvalue weighted by atomic mass is 10.1. The van der Waals surface area contributed by atoms with Crippen LogP contribution in [0.2, 0.25) is 0 Å². The fourth-order valence-corrected chi connectivity index (χ4v) is 5.00. The van der Waals surface area contributed by atoms with E-state index in [9.17, 15) is 17.9 Å². The Morgan fingerprint density at radius 2 is 1.82 bits per heavy atom. The number of ether oxygens (including phenoxy) is 1. The van der Waals surface area contributed by atoms with Crippen LogP contribution in [-0.2, 0) is 10.0 Å². The molecule has 0 unspecified atom stereocenters. The van der Waals surface area contributed by atoms with Crippen LogP contribution in [0, 0.1) is 5.82 Å². The van der Waals surface area contributed by atoms with Crippen LogP contribution in [0.3, 0.4) is 0 Å². The molecule has 14 heteroatoms. The molecule has 2 aromatic carbocycles. The van der Waals surface area contributed by atoms with Gasteiger partial charge in [-0.25, -0.2) is 17.8 Å². The van der Waals surface area contributed by atoms with Gasteiger partial charge in [0.2, 0.25) is 16.0 Å². The van der Waals surface area contributed by atoms with E-state index in [1.807, 2.05) is 18.2 Å². The van der Waals surface area contributed by atoms with Crippen molar-refractivity contribution >= 4 is 55.6 Å². The highest BCUT2D eigenvalue weighted by molar-refractivity contribution is 7.92. The Bertz CT molecular complexity index is 1650. The molecule has 0 amide bonds. The summed E-state index contributed by atoms with van der Waals surface area (Å²) in [6.07, 6.45) is 6.10. The molecule has 12 nitrogen and oxygen atoms in total. The molecule has 1 aliphatic heterocycles. The Morgan fingerprint density at radius 3 is 2.55 bits per heavy atom. The van der Waals surface area contributed by atoms with E-state index in [0.29, 0.717) is 48.4 Å². The zero-order valence-corrected chi connectivity index (χ0v) is 23.0. The van der Waals surface area contributed by atoms with Gasteiger partial charge < -0.3 is 25.4 Å². The number of aliphatic hydroxyl groups is 1. The minimum atomic E-state index is -3.69. The predicted molar refractivity (Wildman–Crippen MR) is 152 cm³/mol. The molecule has 3 N–H and O–H groups in total. The first-order chi connectivity index (χ1) is 19.1. The SMILES string of the molecule is COc1ccc(N2CCC(O)CC2)cc1Nc1ncc(F)c(Nc2ccc3nccnc3c2N(C)S(C)(=O)=O)n1. The summed E-state index contributed by atoms with van der Waals surface area (Å²) >= 11 is 0. The summed E-state index contributed by atoms with van der Waals surface area (Å²) in [5.41, 5.74) is 2.75. The lowest BCUT2D eigenvalue weighted by Crippen LogP contribution is -2.35. The number of rotatable bonds is 8. The summed E-state index contributed by atoms with van der Waals surface area (Å²) in [5.74, 6) is -0.296. The third kappa shape index (κ3) is 5.67. The van der Waals surface area contributed by atoms with Gasteiger partial charge in [-0.2, -0.15) is 4.98 Å². The zero-order chi connectivity index (χ0) is 28.4. The van der Waals surface area contributed by atoms with Crippen LogP contribution in [0.5, 0.6) is 5.75 Å². The number of halogens is 1. The molecule has 0 aliphatic carbocycles. The smallest absolute Gasteiger partial charge is 0.232 e. The number of hydrogen-bond donors (Lipinski definition) is 3. The molecule has 2 aromatic heterocycles. The molecule has 1 saturated heterocycles. The van der Waals surface area contributed by atoms with Gasteiger partial charge >= 0.3 is 0 Å². The number of nitrogens with one attached hydrogen (secondary N) is 2. The fourth-order valence-electron chi connectivity index (χ4n) is 4.48. The number of methoxy groups -OCH3 is 1. The number of piperidine rings is 1. The van der Waals surface area contributed by atoms with Crippen molar-refractivity contribution in [2.45, 2.75) is 18.9 Å². The Hall–Kier alpha value is -4.30. The minimum Gasteiger partial charge on any atom is -0.495 e. The highest BCUT2D eigenvalue weighted by Crippen LogP contribution is 2.36. The second-order valence-corrected chi connectivity index (χ2v) is 11.4. The van der Waals surface area contributed by atoms with Gasteiger partial charge in [0.15, 0.2) is 11.6 Å². The lowest BCUT2D eigenvalue weighted by Gasteiger charge is -2.32. The normalized spacial score (nSPS) is 14.3. The summed E-state index contributed by atoms with van der Waals surface area (Å²) in [5, 5.41) is 15.9. The molecule has 5 rings (SSSR count). The molecule has 0 atom stereocenters. The molecule has 40 heavy (non-hydrogen) atoms. The van der Waals surface area contributed by atoms with Crippen molar-refractivity contribution in [3.63, 3.8) is 0 Å². The van der Waals surface area contributed by atoms with Crippen LogP contribution in [0.15, 0.2) is 48.9 Å². The van der Waals surface area contributed by atoms with E-state index in [4.69, 9.17) is 4.74 Å². The Balaban J connectivity index is 1.48. The average molecular weight is 569 g/mol. The number of hydrogen-bond acceptors (Lipinski definition) is 11. The quantitative estimate of drug-likeness (QED) is 0.287. The van der Waals surface area contributed by atoms with Crippen LogP contribution in [0.25, 0.3) is 11.0 Å². The van der Waals surface area contributed by atoms with E-state index < -0.39 is 15.8 Å². The number of fused-ring (bicyclic) bond motifs is 1. The van der Waals surface area contributed by atoms with Crippen LogP contribution in [0.1, 0.15) is 12.8 Å². The van der Waals surface area contributed by atoms with Crippen LogP contribution >= 0.6 is 0 Å². The molecule has 1 fully saturated rings. The Kier molecular flexibility index (Phi) is 7.54. The number of aliphatic hydroxyl groups excluding tert-OH is 1. The highest BCUT2D eigenvalue weighted by atomic mass is 32.2. The monoisotopic (exact) mass is 568 g/mol. The summed E-state index contributed by atoms with van der Waals surface area (Å²) in [6.45, 7) is 1.43. The topological polar surface area (TPSA) is 146 Å². The van der Waals surface area contributed by atoms with E-state index in [-0.39, 0.29) is 29.2 Å². The maximum absolute atomic E-state index is 14.9. The molecular weight excluding hydrogens is 539 g/mol. The third-order valence-corrected chi connectivity index (χ3v) is 7.86. The van der Waals surface area contributed by atoms with Gasteiger partial charge in [0.05, 0.1) is 42.6 Å². The lowest BCUT2D eigenvalue weighted by molar-refractivity contribution is 0.145. The fraction of sp³-hybridized carbons (Fsp3) is 0.308. The van der Waals surface area contributed by atoms with E-state index in [2.05, 4.69) is 35.5 Å². The van der Waals surface area contributed by atoms with E-state index in [1.54, 1.807) is 19.2 Å². The van der Waals surface area contributed by atoms with E-state index >= 15 is 0 Å². The molecule has 3 heterocycles. The zero-order valence-electron chi connectivity index (χ0n) is 22.2. The number of aromatic nitrogens is 4. The van der Waals surface area contributed by atoms with Crippen LogP contribution in [0.4, 0.5) is 38.9 Å². The Labute approximate surface area is 230 Å².